The third-order valence-electron chi connectivity index (χ3n) is 6.00. The number of hydrogen-bond acceptors (Lipinski definition) is 6. The van der Waals surface area contributed by atoms with Gasteiger partial charge in [-0.15, -0.1) is 0 Å². The average Bonchev–Trinajstić information content (AvgIpc) is 2.64. The molecule has 8 atom stereocenters. The summed E-state index contributed by atoms with van der Waals surface area (Å²) < 4.78 is 18.6. The maximum absolute atomic E-state index is 11.3. The molecule has 0 aliphatic carbocycles. The monoisotopic (exact) mass is 399 g/mol. The molecule has 0 N–H and O–H groups in total. The lowest BCUT2D eigenvalue weighted by Gasteiger charge is -2.45. The molecule has 1 aliphatic rings. The fraction of sp³-hybridized carbons (Fsp3) is 0.909. The van der Waals surface area contributed by atoms with Crippen LogP contribution in [0.5, 0.6) is 0 Å². The molecule has 1 heterocycles. The molecule has 28 heavy (non-hydrogen) atoms. The largest absolute Gasteiger partial charge is 0.376 e. The van der Waals surface area contributed by atoms with Gasteiger partial charge in [0.15, 0.2) is 6.29 Å². The van der Waals surface area contributed by atoms with E-state index in [1.807, 2.05) is 20.8 Å². The van der Waals surface area contributed by atoms with Gasteiger partial charge in [-0.25, -0.2) is 0 Å². The van der Waals surface area contributed by atoms with Crippen molar-refractivity contribution in [3.8, 4) is 0 Å². The number of aldehydes is 2. The molecule has 0 saturated carbocycles. The molecule has 0 bridgehead atoms. The van der Waals surface area contributed by atoms with Crippen LogP contribution in [0.1, 0.15) is 60.3 Å². The van der Waals surface area contributed by atoms with Gasteiger partial charge in [-0.3, -0.25) is 0 Å². The zero-order valence-corrected chi connectivity index (χ0v) is 19.0. The van der Waals surface area contributed by atoms with Crippen LogP contribution in [0.15, 0.2) is 0 Å². The molecule has 0 aromatic rings. The number of nitrogens with zero attached hydrogens (tertiary/aromatic N) is 1. The predicted octanol–water partition coefficient (Wildman–Crippen LogP) is 3.32. The van der Waals surface area contributed by atoms with E-state index in [0.717, 1.165) is 25.4 Å². The Hall–Kier alpha value is -0.820. The Labute approximate surface area is 171 Å². The Morgan fingerprint density at radius 2 is 1.75 bits per heavy atom. The third kappa shape index (κ3) is 7.21. The molecule has 1 saturated heterocycles. The highest BCUT2D eigenvalue weighted by Crippen LogP contribution is 2.36. The molecule has 0 amide bonds. The summed E-state index contributed by atoms with van der Waals surface area (Å²) >= 11 is 0. The first-order valence-corrected chi connectivity index (χ1v) is 10.5. The highest BCUT2D eigenvalue weighted by atomic mass is 16.7. The molecule has 6 nitrogen and oxygen atoms in total. The van der Waals surface area contributed by atoms with E-state index in [1.165, 1.54) is 0 Å². The van der Waals surface area contributed by atoms with Crippen molar-refractivity contribution < 1.29 is 23.8 Å². The summed E-state index contributed by atoms with van der Waals surface area (Å²) in [5, 5.41) is 0. The summed E-state index contributed by atoms with van der Waals surface area (Å²) in [5.41, 5.74) is -0.653. The van der Waals surface area contributed by atoms with E-state index in [2.05, 4.69) is 32.8 Å². The maximum atomic E-state index is 11.3. The van der Waals surface area contributed by atoms with Crippen LogP contribution in [-0.4, -0.2) is 68.8 Å². The van der Waals surface area contributed by atoms with Crippen molar-refractivity contribution in [3.05, 3.63) is 0 Å². The van der Waals surface area contributed by atoms with Crippen LogP contribution in [-0.2, 0) is 23.8 Å². The first-order chi connectivity index (χ1) is 13.1. The van der Waals surface area contributed by atoms with Crippen molar-refractivity contribution in [2.24, 2.45) is 17.8 Å². The van der Waals surface area contributed by atoms with E-state index in [-0.39, 0.29) is 36.3 Å². The second-order valence-corrected chi connectivity index (χ2v) is 9.18. The molecule has 6 heteroatoms. The number of rotatable bonds is 12. The lowest BCUT2D eigenvalue weighted by Crippen LogP contribution is -2.52. The molecular weight excluding hydrogens is 358 g/mol. The van der Waals surface area contributed by atoms with Gasteiger partial charge in [-0.2, -0.15) is 0 Å². The van der Waals surface area contributed by atoms with E-state index in [4.69, 9.17) is 14.2 Å². The molecular formula is C22H41NO5. The smallest absolute Gasteiger partial charge is 0.159 e. The van der Waals surface area contributed by atoms with Crippen molar-refractivity contribution in [1.82, 2.24) is 4.90 Å². The molecule has 0 spiro atoms. The molecule has 4 unspecified atom stereocenters. The first-order valence-electron chi connectivity index (χ1n) is 10.5. The molecule has 0 radical (unpaired) electrons. The standard InChI is InChI=1S/C22H41NO5/c1-15(13-24)9-17(3)21(22(5,26-8)12-16(2)14-25)28-20-11-19(23(6)7)10-18(4)27-20/h13-21H,9-12H2,1-8H3/t15?,16-,17+,18?,19?,20?,21-,22-/m1/s1. The molecule has 164 valence electrons. The molecule has 1 fully saturated rings. The Kier molecular flexibility index (Phi) is 10.3. The fourth-order valence-corrected chi connectivity index (χ4v) is 4.39. The highest BCUT2D eigenvalue weighted by Gasteiger charge is 2.43. The van der Waals surface area contributed by atoms with Gasteiger partial charge in [0.2, 0.25) is 0 Å². The van der Waals surface area contributed by atoms with Crippen molar-refractivity contribution >= 4 is 12.6 Å². The summed E-state index contributed by atoms with van der Waals surface area (Å²) in [7, 11) is 5.82. The van der Waals surface area contributed by atoms with Gasteiger partial charge in [0.05, 0.1) is 17.8 Å². The normalized spacial score (nSPS) is 29.5. The van der Waals surface area contributed by atoms with E-state index < -0.39 is 5.60 Å². The first kappa shape index (κ1) is 25.2. The summed E-state index contributed by atoms with van der Waals surface area (Å²) in [6.45, 7) is 9.96. The van der Waals surface area contributed by atoms with Gasteiger partial charge in [0, 0.05) is 31.4 Å². The second kappa shape index (κ2) is 11.4. The maximum Gasteiger partial charge on any atom is 0.159 e. The Morgan fingerprint density at radius 3 is 2.25 bits per heavy atom. The van der Waals surface area contributed by atoms with Crippen LogP contribution in [0.3, 0.4) is 0 Å². The van der Waals surface area contributed by atoms with Crippen LogP contribution in [0.25, 0.3) is 0 Å². The fourth-order valence-electron chi connectivity index (χ4n) is 4.39. The average molecular weight is 400 g/mol. The Morgan fingerprint density at radius 1 is 1.14 bits per heavy atom. The lowest BCUT2D eigenvalue weighted by molar-refractivity contribution is -0.264. The summed E-state index contributed by atoms with van der Waals surface area (Å²) in [4.78, 5) is 24.7. The van der Waals surface area contributed by atoms with Crippen LogP contribution in [0.2, 0.25) is 0 Å². The zero-order valence-electron chi connectivity index (χ0n) is 19.0. The molecule has 0 aromatic carbocycles. The van der Waals surface area contributed by atoms with E-state index >= 15 is 0 Å². The minimum absolute atomic E-state index is 0.0635. The SMILES string of the molecule is CO[C@](C)(C[C@@H](C)C=O)[C@H](OC1CC(N(C)C)CC(C)O1)[C@@H](C)CC(C)C=O. The van der Waals surface area contributed by atoms with Crippen LogP contribution >= 0.6 is 0 Å². The zero-order chi connectivity index (χ0) is 21.5. The van der Waals surface area contributed by atoms with Gasteiger partial charge in [-0.1, -0.05) is 20.8 Å². The Balaban J connectivity index is 3.07. The predicted molar refractivity (Wildman–Crippen MR) is 110 cm³/mol. The Bertz CT molecular complexity index is 486. The molecule has 1 aliphatic heterocycles. The van der Waals surface area contributed by atoms with E-state index in [9.17, 15) is 9.59 Å². The minimum atomic E-state index is -0.653. The van der Waals surface area contributed by atoms with Crippen LogP contribution in [0, 0.1) is 17.8 Å². The number of carbonyl (C=O) groups excluding carboxylic acids is 2. The van der Waals surface area contributed by atoms with Crippen molar-refractivity contribution in [2.75, 3.05) is 21.2 Å². The summed E-state index contributed by atoms with van der Waals surface area (Å²) in [6, 6.07) is 0.390. The number of hydrogen-bond donors (Lipinski definition) is 0. The molecule has 0 aromatic heterocycles. The van der Waals surface area contributed by atoms with E-state index in [1.54, 1.807) is 7.11 Å². The quantitative estimate of drug-likeness (QED) is 0.469. The second-order valence-electron chi connectivity index (χ2n) is 9.18. The highest BCUT2D eigenvalue weighted by molar-refractivity contribution is 5.53. The third-order valence-corrected chi connectivity index (χ3v) is 6.00. The lowest BCUT2D eigenvalue weighted by atomic mass is 9.79. The summed E-state index contributed by atoms with van der Waals surface area (Å²) in [6.07, 6.45) is 4.42. The summed E-state index contributed by atoms with van der Waals surface area (Å²) in [5.74, 6) is -0.137. The van der Waals surface area contributed by atoms with Crippen LogP contribution in [0.4, 0.5) is 0 Å². The molecule has 1 rings (SSSR count). The van der Waals surface area contributed by atoms with Gasteiger partial charge >= 0.3 is 0 Å². The number of carbonyl (C=O) groups is 2. The topological polar surface area (TPSA) is 65.1 Å². The van der Waals surface area contributed by atoms with Crippen molar-refractivity contribution in [2.45, 2.75) is 90.4 Å². The van der Waals surface area contributed by atoms with Crippen molar-refractivity contribution in [3.63, 3.8) is 0 Å². The minimum Gasteiger partial charge on any atom is -0.376 e. The van der Waals surface area contributed by atoms with Gasteiger partial charge in [0.25, 0.3) is 0 Å². The van der Waals surface area contributed by atoms with Gasteiger partial charge < -0.3 is 28.7 Å². The van der Waals surface area contributed by atoms with E-state index in [0.29, 0.717) is 18.9 Å². The van der Waals surface area contributed by atoms with Gasteiger partial charge in [0.1, 0.15) is 12.6 Å². The number of methoxy groups -OCH3 is 1. The van der Waals surface area contributed by atoms with Crippen molar-refractivity contribution in [1.29, 1.82) is 0 Å². The van der Waals surface area contributed by atoms with Gasteiger partial charge in [-0.05, 0) is 53.1 Å². The van der Waals surface area contributed by atoms with Crippen LogP contribution < -0.4 is 0 Å². The number of ether oxygens (including phenoxy) is 3.